The van der Waals surface area contributed by atoms with Crippen molar-refractivity contribution in [1.82, 2.24) is 0 Å². The summed E-state index contributed by atoms with van der Waals surface area (Å²) in [6, 6.07) is 1.52. The number of aliphatic hydroxyl groups excluding tert-OH is 1. The van der Waals surface area contributed by atoms with E-state index in [0.29, 0.717) is 0 Å². The molecule has 0 aromatic heterocycles. The van der Waals surface area contributed by atoms with Crippen molar-refractivity contribution in [3.63, 3.8) is 0 Å². The Morgan fingerprint density at radius 1 is 0.341 bits per heavy atom. The van der Waals surface area contributed by atoms with Crippen LogP contribution < -0.4 is 0 Å². The lowest BCUT2D eigenvalue weighted by atomic mass is 10.0. The van der Waals surface area contributed by atoms with Crippen molar-refractivity contribution >= 4 is 8.07 Å². The summed E-state index contributed by atoms with van der Waals surface area (Å²) in [5.74, 6) is 0. The quantitative estimate of drug-likeness (QED) is 0.0571. The molecule has 0 aliphatic carbocycles. The molecule has 0 aliphatic heterocycles. The van der Waals surface area contributed by atoms with Crippen molar-refractivity contribution in [2.45, 2.75) is 251 Å². The van der Waals surface area contributed by atoms with Gasteiger partial charge >= 0.3 is 0 Å². The molecule has 1 N–H and O–H groups in total. The summed E-state index contributed by atoms with van der Waals surface area (Å²) in [6.07, 6.45) is 46.2. The highest BCUT2D eigenvalue weighted by molar-refractivity contribution is 6.76. The van der Waals surface area contributed by atoms with E-state index in [0.717, 1.165) is 12.8 Å². The van der Waals surface area contributed by atoms with Gasteiger partial charge in [0, 0.05) is 8.07 Å². The first-order chi connectivity index (χ1) is 20.0. The maximum Gasteiger partial charge on any atom is 0.0540 e. The Labute approximate surface area is 263 Å². The molecule has 1 atom stereocenters. The molecule has 0 aromatic carbocycles. The van der Waals surface area contributed by atoms with Crippen molar-refractivity contribution in [1.29, 1.82) is 0 Å². The van der Waals surface area contributed by atoms with Gasteiger partial charge in [-0.1, -0.05) is 232 Å². The Bertz CT molecular complexity index is 471. The summed E-state index contributed by atoms with van der Waals surface area (Å²) < 4.78 is 0. The Morgan fingerprint density at radius 3 is 0.805 bits per heavy atom. The third-order valence-electron chi connectivity index (χ3n) is 9.36. The molecule has 0 fully saturated rings. The van der Waals surface area contributed by atoms with Gasteiger partial charge in [-0.05, 0) is 12.8 Å². The normalized spacial score (nSPS) is 12.8. The van der Waals surface area contributed by atoms with Gasteiger partial charge in [0.2, 0.25) is 0 Å². The van der Waals surface area contributed by atoms with Gasteiger partial charge in [0.1, 0.15) is 0 Å². The molecule has 0 aromatic rings. The summed E-state index contributed by atoms with van der Waals surface area (Å²) in [5, 5.41) is 10.3. The number of hydrogen-bond donors (Lipinski definition) is 1. The zero-order valence-electron chi connectivity index (χ0n) is 29.6. The third-order valence-corrected chi connectivity index (χ3v) is 11.2. The van der Waals surface area contributed by atoms with E-state index in [2.05, 4.69) is 26.6 Å². The van der Waals surface area contributed by atoms with Crippen LogP contribution in [0.3, 0.4) is 0 Å². The minimum atomic E-state index is -0.796. The van der Waals surface area contributed by atoms with Crippen LogP contribution in [0.1, 0.15) is 219 Å². The van der Waals surface area contributed by atoms with Gasteiger partial charge in [0.15, 0.2) is 0 Å². The number of rotatable bonds is 35. The molecule has 0 radical (unpaired) electrons. The molecule has 0 bridgehead atoms. The van der Waals surface area contributed by atoms with Crippen molar-refractivity contribution < 1.29 is 5.11 Å². The SMILES string of the molecule is CCCCCCCCCCCCCCCCCCC(O)CCCCCCCCCCCCCCCCC[Si](C)(C)C. The molecule has 1 nitrogen and oxygen atoms in total. The van der Waals surface area contributed by atoms with E-state index in [1.54, 1.807) is 0 Å². The molecular weight excluding hydrogens is 513 g/mol. The predicted octanol–water partition coefficient (Wildman–Crippen LogP) is 14.6. The molecular formula is C39H82OSi. The van der Waals surface area contributed by atoms with Crippen molar-refractivity contribution in [3.05, 3.63) is 0 Å². The predicted molar refractivity (Wildman–Crippen MR) is 192 cm³/mol. The van der Waals surface area contributed by atoms with E-state index in [1.807, 2.05) is 0 Å². The highest BCUT2D eigenvalue weighted by Gasteiger charge is 2.11. The van der Waals surface area contributed by atoms with Crippen LogP contribution in [0, 0.1) is 0 Å². The van der Waals surface area contributed by atoms with E-state index >= 15 is 0 Å². The van der Waals surface area contributed by atoms with Gasteiger partial charge in [-0.2, -0.15) is 0 Å². The van der Waals surface area contributed by atoms with E-state index < -0.39 is 8.07 Å². The standard InChI is InChI=1S/C39H82OSi/c1-5-6-7-8-9-10-11-12-13-15-18-21-24-27-30-33-36-39(40)37-34-31-28-25-22-19-16-14-17-20-23-26-29-32-35-38-41(2,3)4/h39-40H,5-38H2,1-4H3. The molecule has 1 unspecified atom stereocenters. The lowest BCUT2D eigenvalue weighted by Crippen LogP contribution is -2.18. The second kappa shape index (κ2) is 33.1. The molecule has 0 aliphatic rings. The van der Waals surface area contributed by atoms with Gasteiger partial charge in [-0.3, -0.25) is 0 Å². The van der Waals surface area contributed by atoms with E-state index in [1.165, 1.54) is 205 Å². The van der Waals surface area contributed by atoms with Crippen LogP contribution in [0.25, 0.3) is 0 Å². The zero-order chi connectivity index (χ0) is 30.1. The Hall–Kier alpha value is 0.177. The topological polar surface area (TPSA) is 20.2 Å². The molecule has 0 saturated heterocycles. The molecule has 0 saturated carbocycles. The molecule has 0 spiro atoms. The number of aliphatic hydroxyl groups is 1. The highest BCUT2D eigenvalue weighted by Crippen LogP contribution is 2.18. The summed E-state index contributed by atoms with van der Waals surface area (Å²) in [5.41, 5.74) is 0. The molecule has 2 heteroatoms. The summed E-state index contributed by atoms with van der Waals surface area (Å²) in [4.78, 5) is 0. The van der Waals surface area contributed by atoms with Crippen LogP contribution >= 0.6 is 0 Å². The third kappa shape index (κ3) is 38.2. The average molecular weight is 595 g/mol. The van der Waals surface area contributed by atoms with Crippen LogP contribution in [-0.2, 0) is 0 Å². The van der Waals surface area contributed by atoms with E-state index in [4.69, 9.17) is 0 Å². The molecule has 0 rings (SSSR count). The van der Waals surface area contributed by atoms with E-state index in [-0.39, 0.29) is 6.10 Å². The summed E-state index contributed by atoms with van der Waals surface area (Å²) in [6.45, 7) is 9.81. The van der Waals surface area contributed by atoms with Crippen LogP contribution in [0.15, 0.2) is 0 Å². The highest BCUT2D eigenvalue weighted by atomic mass is 28.3. The first-order valence-corrected chi connectivity index (χ1v) is 23.3. The van der Waals surface area contributed by atoms with Crippen LogP contribution in [-0.4, -0.2) is 19.3 Å². The van der Waals surface area contributed by atoms with Gasteiger partial charge < -0.3 is 5.11 Å². The average Bonchev–Trinajstić information content (AvgIpc) is 2.93. The lowest BCUT2D eigenvalue weighted by molar-refractivity contribution is 0.147. The van der Waals surface area contributed by atoms with Gasteiger partial charge in [0.05, 0.1) is 6.10 Å². The summed E-state index contributed by atoms with van der Waals surface area (Å²) >= 11 is 0. The second-order valence-corrected chi connectivity index (χ2v) is 20.8. The largest absolute Gasteiger partial charge is 0.393 e. The van der Waals surface area contributed by atoms with Crippen LogP contribution in [0.4, 0.5) is 0 Å². The smallest absolute Gasteiger partial charge is 0.0540 e. The first kappa shape index (κ1) is 41.2. The fourth-order valence-electron chi connectivity index (χ4n) is 6.41. The van der Waals surface area contributed by atoms with Crippen molar-refractivity contribution in [3.8, 4) is 0 Å². The Kier molecular flexibility index (Phi) is 33.2. The maximum atomic E-state index is 10.3. The molecule has 0 amide bonds. The van der Waals surface area contributed by atoms with Crippen LogP contribution in [0.5, 0.6) is 0 Å². The van der Waals surface area contributed by atoms with Gasteiger partial charge in [-0.25, -0.2) is 0 Å². The minimum Gasteiger partial charge on any atom is -0.393 e. The lowest BCUT2D eigenvalue weighted by Gasteiger charge is -2.14. The van der Waals surface area contributed by atoms with Crippen molar-refractivity contribution in [2.75, 3.05) is 0 Å². The summed E-state index contributed by atoms with van der Waals surface area (Å²) in [7, 11) is -0.796. The maximum absolute atomic E-state index is 10.3. The Balaban J connectivity index is 3.16. The van der Waals surface area contributed by atoms with Gasteiger partial charge in [-0.15, -0.1) is 0 Å². The molecule has 0 heterocycles. The van der Waals surface area contributed by atoms with Crippen molar-refractivity contribution in [2.24, 2.45) is 0 Å². The fourth-order valence-corrected chi connectivity index (χ4v) is 7.72. The molecule has 41 heavy (non-hydrogen) atoms. The van der Waals surface area contributed by atoms with Crippen LogP contribution in [0.2, 0.25) is 25.7 Å². The zero-order valence-corrected chi connectivity index (χ0v) is 30.6. The molecule has 248 valence electrons. The fraction of sp³-hybridized carbons (Fsp3) is 1.00. The Morgan fingerprint density at radius 2 is 0.561 bits per heavy atom. The second-order valence-electron chi connectivity index (χ2n) is 15.1. The number of unbranched alkanes of at least 4 members (excludes halogenated alkanes) is 29. The monoisotopic (exact) mass is 595 g/mol. The van der Waals surface area contributed by atoms with E-state index in [9.17, 15) is 5.11 Å². The number of hydrogen-bond acceptors (Lipinski definition) is 1. The first-order valence-electron chi connectivity index (χ1n) is 19.6. The van der Waals surface area contributed by atoms with Gasteiger partial charge in [0.25, 0.3) is 0 Å². The minimum absolute atomic E-state index is 0.0354.